The first-order chi connectivity index (χ1) is 10.8. The molecule has 23 heavy (non-hydrogen) atoms. The maximum absolute atomic E-state index is 5.49. The average molecular weight is 337 g/mol. The summed E-state index contributed by atoms with van der Waals surface area (Å²) in [5.74, 6) is 2.19. The first-order valence-corrected chi connectivity index (χ1v) is 8.53. The van der Waals surface area contributed by atoms with Gasteiger partial charge in [-0.1, -0.05) is 20.8 Å². The van der Waals surface area contributed by atoms with Crippen molar-refractivity contribution in [1.29, 1.82) is 0 Å². The van der Waals surface area contributed by atoms with Crippen LogP contribution in [0.15, 0.2) is 18.2 Å². The summed E-state index contributed by atoms with van der Waals surface area (Å²) in [6, 6.07) is 6.07. The van der Waals surface area contributed by atoms with Crippen LogP contribution in [-0.4, -0.2) is 25.4 Å². The predicted octanol–water partition coefficient (Wildman–Crippen LogP) is 4.21. The van der Waals surface area contributed by atoms with Crippen LogP contribution in [0.4, 0.5) is 5.69 Å². The predicted molar refractivity (Wildman–Crippen MR) is 99.5 cm³/mol. The van der Waals surface area contributed by atoms with Gasteiger partial charge in [0, 0.05) is 29.9 Å². The number of benzene rings is 1. The second-order valence-corrected chi connectivity index (χ2v) is 7.72. The third-order valence-corrected chi connectivity index (χ3v) is 4.55. The van der Waals surface area contributed by atoms with Crippen LogP contribution in [-0.2, 0) is 0 Å². The number of hydrogen-bond acceptors (Lipinski definition) is 3. The molecule has 1 aliphatic carbocycles. The second kappa shape index (κ2) is 7.39. The van der Waals surface area contributed by atoms with Gasteiger partial charge < -0.3 is 20.1 Å². The van der Waals surface area contributed by atoms with Crippen LogP contribution in [0.25, 0.3) is 0 Å². The maximum Gasteiger partial charge on any atom is 0.170 e. The third kappa shape index (κ3) is 5.27. The zero-order chi connectivity index (χ0) is 17.0. The van der Waals surface area contributed by atoms with Crippen LogP contribution in [0, 0.1) is 11.3 Å². The van der Waals surface area contributed by atoms with E-state index in [0.717, 1.165) is 35.9 Å². The van der Waals surface area contributed by atoms with E-state index >= 15 is 0 Å². The summed E-state index contributed by atoms with van der Waals surface area (Å²) in [6.07, 6.45) is 3.58. The lowest BCUT2D eigenvalue weighted by Gasteiger charge is -2.39. The molecule has 0 aromatic heterocycles. The van der Waals surface area contributed by atoms with Crippen molar-refractivity contribution in [2.24, 2.45) is 11.3 Å². The molecule has 1 aromatic carbocycles. The first kappa shape index (κ1) is 17.9. The van der Waals surface area contributed by atoms with Gasteiger partial charge >= 0.3 is 0 Å². The quantitative estimate of drug-likeness (QED) is 0.807. The van der Waals surface area contributed by atoms with E-state index in [-0.39, 0.29) is 0 Å². The van der Waals surface area contributed by atoms with E-state index in [4.69, 9.17) is 21.7 Å². The van der Waals surface area contributed by atoms with Gasteiger partial charge in [0.25, 0.3) is 0 Å². The first-order valence-electron chi connectivity index (χ1n) is 8.12. The zero-order valence-corrected chi connectivity index (χ0v) is 15.5. The molecule has 1 saturated carbocycles. The van der Waals surface area contributed by atoms with Crippen LogP contribution in [0.1, 0.15) is 40.0 Å². The van der Waals surface area contributed by atoms with E-state index in [1.54, 1.807) is 14.2 Å². The highest BCUT2D eigenvalue weighted by molar-refractivity contribution is 7.80. The monoisotopic (exact) mass is 336 g/mol. The van der Waals surface area contributed by atoms with Crippen molar-refractivity contribution in [3.8, 4) is 11.5 Å². The highest BCUT2D eigenvalue weighted by Gasteiger charge is 2.32. The molecule has 0 radical (unpaired) electrons. The molecule has 2 atom stereocenters. The lowest BCUT2D eigenvalue weighted by atomic mass is 9.71. The number of nitrogens with one attached hydrogen (secondary N) is 2. The molecule has 0 saturated heterocycles. The molecule has 1 aromatic rings. The second-order valence-electron chi connectivity index (χ2n) is 7.31. The van der Waals surface area contributed by atoms with Gasteiger partial charge in [0.2, 0.25) is 0 Å². The van der Waals surface area contributed by atoms with Crippen LogP contribution >= 0.6 is 12.2 Å². The largest absolute Gasteiger partial charge is 0.497 e. The Morgan fingerprint density at radius 2 is 1.74 bits per heavy atom. The molecular weight excluding hydrogens is 308 g/mol. The molecular formula is C18H28N2O2S. The van der Waals surface area contributed by atoms with Gasteiger partial charge in [-0.15, -0.1) is 0 Å². The van der Waals surface area contributed by atoms with Gasteiger partial charge in [-0.25, -0.2) is 0 Å². The Bertz CT molecular complexity index is 538. The fourth-order valence-electron chi connectivity index (χ4n) is 3.69. The Morgan fingerprint density at radius 3 is 2.26 bits per heavy atom. The van der Waals surface area contributed by atoms with Gasteiger partial charge in [0.15, 0.2) is 5.11 Å². The number of anilines is 1. The van der Waals surface area contributed by atoms with Crippen LogP contribution < -0.4 is 20.1 Å². The standard InChI is InChI=1S/C18H28N2O2S/c1-12-6-14(11-18(2,3)10-12)20-17(23)19-13-7-15(21-4)9-16(8-13)22-5/h7-9,12,14H,6,10-11H2,1-5H3,(H2,19,20,23). The number of rotatable bonds is 4. The molecule has 0 heterocycles. The average Bonchev–Trinajstić information content (AvgIpc) is 2.44. The minimum Gasteiger partial charge on any atom is -0.497 e. The summed E-state index contributed by atoms with van der Waals surface area (Å²) in [4.78, 5) is 0. The van der Waals surface area contributed by atoms with Gasteiger partial charge in [-0.05, 0) is 42.8 Å². The molecule has 4 nitrogen and oxygen atoms in total. The Hall–Kier alpha value is -1.49. The summed E-state index contributed by atoms with van der Waals surface area (Å²) < 4.78 is 10.6. The van der Waals surface area contributed by atoms with E-state index < -0.39 is 0 Å². The number of hydrogen-bond donors (Lipinski definition) is 2. The number of ether oxygens (including phenoxy) is 2. The van der Waals surface area contributed by atoms with Gasteiger partial charge in [-0.2, -0.15) is 0 Å². The van der Waals surface area contributed by atoms with Crippen molar-refractivity contribution < 1.29 is 9.47 Å². The minimum atomic E-state index is 0.365. The van der Waals surface area contributed by atoms with Crippen LogP contribution in [0.2, 0.25) is 0 Å². The summed E-state index contributed by atoms with van der Waals surface area (Å²) in [6.45, 7) is 6.99. The van der Waals surface area contributed by atoms with Crippen molar-refractivity contribution in [2.45, 2.75) is 46.1 Å². The molecule has 0 aliphatic heterocycles. The molecule has 0 spiro atoms. The molecule has 1 aliphatic rings. The van der Waals surface area contributed by atoms with E-state index in [2.05, 4.69) is 31.4 Å². The normalized spacial score (nSPS) is 23.0. The number of thiocarbonyl (C=S) groups is 1. The summed E-state index contributed by atoms with van der Waals surface area (Å²) in [7, 11) is 3.28. The minimum absolute atomic E-state index is 0.365. The molecule has 128 valence electrons. The van der Waals surface area contributed by atoms with Crippen LogP contribution in [0.3, 0.4) is 0 Å². The van der Waals surface area contributed by atoms with E-state index in [0.29, 0.717) is 16.6 Å². The van der Waals surface area contributed by atoms with Gasteiger partial charge in [-0.3, -0.25) is 0 Å². The molecule has 0 bridgehead atoms. The molecule has 2 N–H and O–H groups in total. The van der Waals surface area contributed by atoms with Crippen molar-refractivity contribution in [3.63, 3.8) is 0 Å². The van der Waals surface area contributed by atoms with E-state index in [1.807, 2.05) is 18.2 Å². The highest BCUT2D eigenvalue weighted by Crippen LogP contribution is 2.38. The summed E-state index contributed by atoms with van der Waals surface area (Å²) >= 11 is 5.49. The van der Waals surface area contributed by atoms with Crippen molar-refractivity contribution in [1.82, 2.24) is 5.32 Å². The zero-order valence-electron chi connectivity index (χ0n) is 14.7. The van der Waals surface area contributed by atoms with Crippen LogP contribution in [0.5, 0.6) is 11.5 Å². The smallest absolute Gasteiger partial charge is 0.170 e. The lowest BCUT2D eigenvalue weighted by Crippen LogP contribution is -2.44. The number of methoxy groups -OCH3 is 2. The Labute approximate surface area is 144 Å². The molecule has 2 rings (SSSR count). The highest BCUT2D eigenvalue weighted by atomic mass is 32.1. The maximum atomic E-state index is 5.49. The van der Waals surface area contributed by atoms with E-state index in [9.17, 15) is 0 Å². The molecule has 0 amide bonds. The Balaban J connectivity index is 1.99. The van der Waals surface area contributed by atoms with Crippen molar-refractivity contribution in [2.75, 3.05) is 19.5 Å². The molecule has 5 heteroatoms. The lowest BCUT2D eigenvalue weighted by molar-refractivity contribution is 0.162. The van der Waals surface area contributed by atoms with Crippen molar-refractivity contribution >= 4 is 23.0 Å². The third-order valence-electron chi connectivity index (χ3n) is 4.33. The van der Waals surface area contributed by atoms with Crippen molar-refractivity contribution in [3.05, 3.63) is 18.2 Å². The van der Waals surface area contributed by atoms with Gasteiger partial charge in [0.05, 0.1) is 14.2 Å². The fraction of sp³-hybridized carbons (Fsp3) is 0.611. The summed E-state index contributed by atoms with van der Waals surface area (Å²) in [5.41, 5.74) is 1.23. The Kier molecular flexibility index (Phi) is 5.74. The fourth-order valence-corrected chi connectivity index (χ4v) is 3.97. The molecule has 2 unspecified atom stereocenters. The Morgan fingerprint density at radius 1 is 1.13 bits per heavy atom. The molecule has 1 fully saturated rings. The topological polar surface area (TPSA) is 42.5 Å². The van der Waals surface area contributed by atoms with Gasteiger partial charge in [0.1, 0.15) is 11.5 Å². The van der Waals surface area contributed by atoms with E-state index in [1.165, 1.54) is 6.42 Å². The summed E-state index contributed by atoms with van der Waals surface area (Å²) in [5, 5.41) is 7.36. The SMILES string of the molecule is COc1cc(NC(=S)NC2CC(C)CC(C)(C)C2)cc(OC)c1.